The quantitative estimate of drug-likeness (QED) is 0.112. The Morgan fingerprint density at radius 3 is 2.10 bits per heavy atom. The average molecular weight is 1080 g/mol. The predicted octanol–water partition coefficient (Wildman–Crippen LogP) is 15.0. The maximum atomic E-state index is 6.63. The van der Waals surface area contributed by atoms with Crippen molar-refractivity contribution in [2.24, 2.45) is 5.41 Å². The van der Waals surface area contributed by atoms with Crippen LogP contribution in [-0.4, -0.2) is 32.6 Å². The van der Waals surface area contributed by atoms with Crippen molar-refractivity contribution in [3.05, 3.63) is 155 Å². The molecule has 0 spiro atoms. The Labute approximate surface area is 412 Å². The van der Waals surface area contributed by atoms with E-state index in [-0.39, 0.29) is 37.4 Å². The molecule has 0 atom stereocenters. The van der Waals surface area contributed by atoms with Crippen LogP contribution in [0.1, 0.15) is 107 Å². The van der Waals surface area contributed by atoms with Gasteiger partial charge in [-0.05, 0) is 120 Å². The van der Waals surface area contributed by atoms with Crippen molar-refractivity contribution in [1.82, 2.24) is 24.5 Å². The van der Waals surface area contributed by atoms with E-state index in [1.807, 2.05) is 30.5 Å². The number of hydrogen-bond acceptors (Lipinski definition) is 5. The Kier molecular flexibility index (Phi) is 13.8. The number of fused-ring (bicyclic) bond motifs is 5. The molecule has 1 radical (unpaired) electrons. The number of imidazole rings is 1. The molecule has 67 heavy (non-hydrogen) atoms. The number of benzene rings is 4. The third-order valence-electron chi connectivity index (χ3n) is 13.0. The summed E-state index contributed by atoms with van der Waals surface area (Å²) in [6.45, 7) is 25.1. The van der Waals surface area contributed by atoms with E-state index in [0.29, 0.717) is 5.71 Å². The van der Waals surface area contributed by atoms with Gasteiger partial charge in [0.25, 0.3) is 0 Å². The summed E-state index contributed by atoms with van der Waals surface area (Å²) in [5, 5.41) is 3.58. The van der Waals surface area contributed by atoms with Gasteiger partial charge in [0.05, 0.1) is 36.2 Å². The van der Waals surface area contributed by atoms with Gasteiger partial charge < -0.3 is 14.0 Å². The topological polar surface area (TPSA) is 69.6 Å². The fourth-order valence-corrected chi connectivity index (χ4v) is 11.5. The van der Waals surface area contributed by atoms with Crippen molar-refractivity contribution >= 4 is 46.4 Å². The first-order chi connectivity index (χ1) is 31.6. The molecule has 0 fully saturated rings. The third kappa shape index (κ3) is 9.63. The largest absolute Gasteiger partial charge is 0.486 e. The van der Waals surface area contributed by atoms with Gasteiger partial charge in [-0.2, -0.15) is 0 Å². The Morgan fingerprint density at radius 2 is 1.45 bits per heavy atom. The first kappa shape index (κ1) is 47.9. The van der Waals surface area contributed by atoms with E-state index in [9.17, 15) is 0 Å². The molecule has 5 heterocycles. The third-order valence-corrected chi connectivity index (χ3v) is 15.0. The van der Waals surface area contributed by atoms with E-state index >= 15 is 0 Å². The monoisotopic (exact) mass is 1080 g/mol. The standard InChI is InChI=1S/C41H41N4O.C18H22NSi.Ir/c1-24(2)33-21-28(27-13-10-9-11-14-27)22-34(25(3)4)37(33)45-36-26(5)42-20-19-35(36)44-39(45)32-16-12-15-30-31-18-17-29(23-41(6,7)8)43-40(31)46-38(30)32;1-20(2,3)17-13-19-18(14-9-5-4-6-10-14)16-12-8-7-11-15(16)17;/h9-15,17-22,24-25H,23H2,1-8H3;4-6,9,13H,7-8,11-12H2,1-3H3;/q2*-1;. The zero-order valence-corrected chi connectivity index (χ0v) is 44.5. The Morgan fingerprint density at radius 1 is 0.746 bits per heavy atom. The molecule has 345 valence electrons. The molecule has 8 heteroatoms. The van der Waals surface area contributed by atoms with Crippen LogP contribution >= 0.6 is 0 Å². The average Bonchev–Trinajstić information content (AvgIpc) is 3.87. The van der Waals surface area contributed by atoms with Crippen LogP contribution in [-0.2, 0) is 39.4 Å². The number of nitrogens with zero attached hydrogens (tertiary/aromatic N) is 5. The Balaban J connectivity index is 0.000000242. The van der Waals surface area contributed by atoms with E-state index in [1.54, 1.807) is 10.8 Å². The summed E-state index contributed by atoms with van der Waals surface area (Å²) in [6, 6.07) is 40.8. The smallest absolute Gasteiger partial charge is 0.216 e. The molecule has 4 aromatic carbocycles. The van der Waals surface area contributed by atoms with Gasteiger partial charge in [0.15, 0.2) is 0 Å². The second-order valence-electron chi connectivity index (χ2n) is 21.0. The predicted molar refractivity (Wildman–Crippen MR) is 278 cm³/mol. The van der Waals surface area contributed by atoms with E-state index in [0.717, 1.165) is 67.8 Å². The number of furan rings is 1. The molecule has 0 saturated carbocycles. The second kappa shape index (κ2) is 19.2. The molecule has 5 aromatic heterocycles. The molecule has 0 saturated heterocycles. The molecule has 6 nitrogen and oxygen atoms in total. The molecular weight excluding hydrogens is 1010 g/mol. The van der Waals surface area contributed by atoms with Crippen LogP contribution in [0.15, 0.2) is 114 Å². The van der Waals surface area contributed by atoms with Crippen LogP contribution in [0.4, 0.5) is 0 Å². The van der Waals surface area contributed by atoms with E-state index in [4.69, 9.17) is 24.4 Å². The number of aromatic nitrogens is 5. The minimum atomic E-state index is -1.31. The fraction of sp³-hybridized carbons (Fsp3) is 0.322. The summed E-state index contributed by atoms with van der Waals surface area (Å²) in [4.78, 5) is 19.8. The molecule has 1 aliphatic rings. The van der Waals surface area contributed by atoms with Crippen LogP contribution in [0.3, 0.4) is 0 Å². The zero-order valence-electron chi connectivity index (χ0n) is 41.1. The molecule has 10 rings (SSSR count). The molecule has 0 aliphatic heterocycles. The number of aryl methyl sites for hydroxylation is 1. The van der Waals surface area contributed by atoms with Gasteiger partial charge in [0.1, 0.15) is 0 Å². The van der Waals surface area contributed by atoms with Crippen molar-refractivity contribution in [1.29, 1.82) is 0 Å². The SMILES string of the molecule is C[Si](C)(C)c1cnc(-c2[c-]cccc2)c2c1CCCC2.Cc1nccc2nc(-c3[c-]ccc4c3oc3nc(CC(C)(C)C)ccc34)n(-c3c(C(C)C)cc(-c4ccccc4)cc3C(C)C)c12.[Ir]. The van der Waals surface area contributed by atoms with Gasteiger partial charge >= 0.3 is 0 Å². The molecule has 9 aromatic rings. The summed E-state index contributed by atoms with van der Waals surface area (Å²) in [6.07, 6.45) is 9.91. The van der Waals surface area contributed by atoms with Gasteiger partial charge in [0.2, 0.25) is 5.71 Å². The van der Waals surface area contributed by atoms with Crippen LogP contribution in [0, 0.1) is 24.5 Å². The second-order valence-corrected chi connectivity index (χ2v) is 26.1. The van der Waals surface area contributed by atoms with Crippen molar-refractivity contribution in [3.63, 3.8) is 0 Å². The minimum absolute atomic E-state index is 0. The summed E-state index contributed by atoms with van der Waals surface area (Å²) < 4.78 is 8.96. The van der Waals surface area contributed by atoms with Crippen LogP contribution in [0.25, 0.3) is 72.6 Å². The number of rotatable bonds is 8. The maximum absolute atomic E-state index is 6.63. The minimum Gasteiger partial charge on any atom is -0.486 e. The van der Waals surface area contributed by atoms with Gasteiger partial charge in [0, 0.05) is 49.3 Å². The first-order valence-electron chi connectivity index (χ1n) is 23.9. The molecule has 1 aliphatic carbocycles. The van der Waals surface area contributed by atoms with E-state index < -0.39 is 8.07 Å². The van der Waals surface area contributed by atoms with E-state index in [1.165, 1.54) is 59.2 Å². The zero-order chi connectivity index (χ0) is 46.5. The van der Waals surface area contributed by atoms with Gasteiger partial charge in [-0.15, -0.1) is 54.1 Å². The van der Waals surface area contributed by atoms with Crippen molar-refractivity contribution in [3.8, 4) is 39.5 Å². The Bertz CT molecular complexity index is 3180. The number of hydrogen-bond donors (Lipinski definition) is 0. The van der Waals surface area contributed by atoms with Gasteiger partial charge in [-0.25, -0.2) is 4.98 Å². The first-order valence-corrected chi connectivity index (χ1v) is 27.4. The molecule has 0 unspecified atom stereocenters. The molecular formula is C59H63IrN5OSi-2. The van der Waals surface area contributed by atoms with Crippen molar-refractivity contribution in [2.75, 3.05) is 0 Å². The van der Waals surface area contributed by atoms with Crippen LogP contribution in [0.5, 0.6) is 0 Å². The molecule has 0 bridgehead atoms. The van der Waals surface area contributed by atoms with Gasteiger partial charge in [-0.1, -0.05) is 121 Å². The van der Waals surface area contributed by atoms with Crippen LogP contribution in [0.2, 0.25) is 19.6 Å². The fourth-order valence-electron chi connectivity index (χ4n) is 9.82. The van der Waals surface area contributed by atoms with Crippen molar-refractivity contribution < 1.29 is 24.5 Å². The summed E-state index contributed by atoms with van der Waals surface area (Å²) in [7, 11) is -1.31. The van der Waals surface area contributed by atoms with Crippen molar-refractivity contribution in [2.45, 2.75) is 119 Å². The maximum Gasteiger partial charge on any atom is 0.216 e. The van der Waals surface area contributed by atoms with Gasteiger partial charge in [-0.3, -0.25) is 9.97 Å². The molecule has 0 amide bonds. The summed E-state index contributed by atoms with van der Waals surface area (Å²) in [5.41, 5.74) is 17.7. The normalized spacial score (nSPS) is 13.0. The van der Waals surface area contributed by atoms with E-state index in [2.05, 4.69) is 171 Å². The number of pyridine rings is 3. The summed E-state index contributed by atoms with van der Waals surface area (Å²) in [5.74, 6) is 1.31. The summed E-state index contributed by atoms with van der Waals surface area (Å²) >= 11 is 0. The van der Waals surface area contributed by atoms with Crippen LogP contribution < -0.4 is 5.19 Å². The Hall–Kier alpha value is -5.53. The molecule has 0 N–H and O–H groups in total.